The molecule has 0 spiro atoms. The summed E-state index contributed by atoms with van der Waals surface area (Å²) in [5.74, 6) is 1.02. The van der Waals surface area contributed by atoms with E-state index in [1.807, 2.05) is 24.3 Å². The SMILES string of the molecule is CCCC(CC)N1Cc2cc(COc3c(C)cccc3-c3cccc(N4C[C@@H]5C[C@]5(C(=O)O)C4COC)n3)cc(C)c2C1. The summed E-state index contributed by atoms with van der Waals surface area (Å²) < 4.78 is 12.1. The molecule has 6 rings (SSSR count). The second kappa shape index (κ2) is 11.9. The molecule has 1 saturated heterocycles. The third-order valence-corrected chi connectivity index (χ3v) is 10.1. The van der Waals surface area contributed by atoms with E-state index in [-0.39, 0.29) is 12.0 Å². The first-order chi connectivity index (χ1) is 20.8. The molecule has 1 aliphatic carbocycles. The van der Waals surface area contributed by atoms with Crippen molar-refractivity contribution < 1.29 is 19.4 Å². The first-order valence-corrected chi connectivity index (χ1v) is 15.8. The van der Waals surface area contributed by atoms with Gasteiger partial charge in [-0.3, -0.25) is 9.69 Å². The Bertz CT molecular complexity index is 1510. The maximum Gasteiger partial charge on any atom is 0.312 e. The number of carboxylic acids is 1. The zero-order chi connectivity index (χ0) is 30.3. The molecule has 1 N–H and O–H groups in total. The van der Waals surface area contributed by atoms with Crippen LogP contribution in [0.2, 0.25) is 0 Å². The molecule has 4 atom stereocenters. The van der Waals surface area contributed by atoms with Gasteiger partial charge in [-0.25, -0.2) is 4.98 Å². The van der Waals surface area contributed by atoms with Crippen molar-refractivity contribution in [1.29, 1.82) is 0 Å². The zero-order valence-corrected chi connectivity index (χ0v) is 26.2. The number of hydrogen-bond donors (Lipinski definition) is 1. The molecule has 2 unspecified atom stereocenters. The predicted molar refractivity (Wildman–Crippen MR) is 169 cm³/mol. The Morgan fingerprint density at radius 3 is 2.67 bits per heavy atom. The Labute approximate surface area is 255 Å². The molecule has 1 aromatic heterocycles. The highest BCUT2D eigenvalue weighted by Gasteiger charge is 2.71. The van der Waals surface area contributed by atoms with Crippen LogP contribution in [-0.4, -0.2) is 53.3 Å². The normalized spacial score (nSPS) is 23.2. The van der Waals surface area contributed by atoms with E-state index in [1.54, 1.807) is 7.11 Å². The quantitative estimate of drug-likeness (QED) is 0.252. The van der Waals surface area contributed by atoms with Gasteiger partial charge in [0.1, 0.15) is 18.2 Å². The lowest BCUT2D eigenvalue weighted by Gasteiger charge is -2.31. The van der Waals surface area contributed by atoms with Crippen LogP contribution < -0.4 is 9.64 Å². The molecule has 2 fully saturated rings. The summed E-state index contributed by atoms with van der Waals surface area (Å²) in [5, 5.41) is 10.0. The van der Waals surface area contributed by atoms with Crippen molar-refractivity contribution in [2.45, 2.75) is 85.2 Å². The van der Waals surface area contributed by atoms with Crippen LogP contribution in [0.1, 0.15) is 67.3 Å². The highest BCUT2D eigenvalue weighted by Crippen LogP contribution is 2.62. The molecule has 43 heavy (non-hydrogen) atoms. The zero-order valence-electron chi connectivity index (χ0n) is 26.2. The van der Waals surface area contributed by atoms with E-state index in [1.165, 1.54) is 41.5 Å². The van der Waals surface area contributed by atoms with Gasteiger partial charge in [-0.05, 0) is 85.0 Å². The molecule has 2 aliphatic heterocycles. The molecule has 0 amide bonds. The number of nitrogens with zero attached hydrogens (tertiary/aromatic N) is 3. The number of aliphatic carboxylic acids is 1. The van der Waals surface area contributed by atoms with Gasteiger partial charge in [-0.15, -0.1) is 0 Å². The van der Waals surface area contributed by atoms with Gasteiger partial charge in [-0.1, -0.05) is 50.6 Å². The van der Waals surface area contributed by atoms with Gasteiger partial charge in [0, 0.05) is 38.3 Å². The molecular weight excluding hydrogens is 538 g/mol. The van der Waals surface area contributed by atoms with Gasteiger partial charge in [0.25, 0.3) is 0 Å². The summed E-state index contributed by atoms with van der Waals surface area (Å²) >= 11 is 0. The van der Waals surface area contributed by atoms with E-state index in [0.29, 0.717) is 32.2 Å². The van der Waals surface area contributed by atoms with E-state index in [2.05, 4.69) is 61.8 Å². The summed E-state index contributed by atoms with van der Waals surface area (Å²) in [4.78, 5) is 22.1. The number of rotatable bonds is 12. The lowest BCUT2D eigenvalue weighted by Crippen LogP contribution is -2.43. The monoisotopic (exact) mass is 583 g/mol. The fourth-order valence-electron chi connectivity index (χ4n) is 7.75. The highest BCUT2D eigenvalue weighted by molar-refractivity contribution is 5.82. The summed E-state index contributed by atoms with van der Waals surface area (Å²) in [6.07, 6.45) is 4.36. The van der Waals surface area contributed by atoms with Crippen molar-refractivity contribution in [3.8, 4) is 17.0 Å². The average Bonchev–Trinajstić information content (AvgIpc) is 3.42. The van der Waals surface area contributed by atoms with Crippen molar-refractivity contribution in [1.82, 2.24) is 9.88 Å². The van der Waals surface area contributed by atoms with Gasteiger partial charge in [0.05, 0.1) is 23.8 Å². The number of benzene rings is 2. The summed E-state index contributed by atoms with van der Waals surface area (Å²) in [7, 11) is 1.64. The number of hydrogen-bond acceptors (Lipinski definition) is 6. The van der Waals surface area contributed by atoms with Crippen LogP contribution in [0.25, 0.3) is 11.3 Å². The molecule has 7 nitrogen and oxygen atoms in total. The number of fused-ring (bicyclic) bond motifs is 2. The minimum Gasteiger partial charge on any atom is -0.488 e. The fraction of sp³-hybridized carbons (Fsp3) is 0.500. The Hall–Kier alpha value is -3.42. The van der Waals surface area contributed by atoms with Crippen molar-refractivity contribution >= 4 is 11.8 Å². The van der Waals surface area contributed by atoms with Crippen LogP contribution in [0, 0.1) is 25.2 Å². The Kier molecular flexibility index (Phi) is 8.22. The maximum atomic E-state index is 12.2. The second-order valence-electron chi connectivity index (χ2n) is 12.8. The Morgan fingerprint density at radius 2 is 1.93 bits per heavy atom. The highest BCUT2D eigenvalue weighted by atomic mass is 16.5. The maximum absolute atomic E-state index is 12.2. The summed E-state index contributed by atoms with van der Waals surface area (Å²) in [6, 6.07) is 17.2. The number of aromatic nitrogens is 1. The Morgan fingerprint density at radius 1 is 1.12 bits per heavy atom. The van der Waals surface area contributed by atoms with Gasteiger partial charge < -0.3 is 19.5 Å². The largest absolute Gasteiger partial charge is 0.488 e. The molecule has 0 radical (unpaired) electrons. The number of anilines is 1. The van der Waals surface area contributed by atoms with Crippen molar-refractivity contribution in [3.05, 3.63) is 76.3 Å². The first-order valence-electron chi connectivity index (χ1n) is 15.8. The van der Waals surface area contributed by atoms with E-state index in [9.17, 15) is 9.90 Å². The lowest BCUT2D eigenvalue weighted by molar-refractivity contribution is -0.144. The van der Waals surface area contributed by atoms with Gasteiger partial charge in [0.2, 0.25) is 0 Å². The smallest absolute Gasteiger partial charge is 0.312 e. The summed E-state index contributed by atoms with van der Waals surface area (Å²) in [6.45, 7) is 12.5. The number of ether oxygens (including phenoxy) is 2. The molecule has 0 bridgehead atoms. The third-order valence-electron chi connectivity index (χ3n) is 10.1. The Balaban J connectivity index is 1.23. The van der Waals surface area contributed by atoms with E-state index < -0.39 is 11.4 Å². The van der Waals surface area contributed by atoms with Gasteiger partial charge >= 0.3 is 5.97 Å². The standard InChI is InChI=1S/C36H45N3O4/c1-6-10-28(7-2)38-18-26-16-25(15-24(4)30(26)20-38)21-43-34-23(3)11-8-12-29(34)31-13-9-14-33(37-31)39-19-27-17-36(27,35(40)41)32(39)22-42-5/h8-9,11-16,27-28,32H,6-7,10,17-22H2,1-5H3,(H,40,41)/t27-,28?,32?,36+/m0/s1. The minimum atomic E-state index is -0.732. The topological polar surface area (TPSA) is 75.1 Å². The van der Waals surface area contributed by atoms with Crippen LogP contribution in [-0.2, 0) is 29.2 Å². The van der Waals surface area contributed by atoms with Crippen LogP contribution in [0.3, 0.4) is 0 Å². The molecule has 1 saturated carbocycles. The van der Waals surface area contributed by atoms with E-state index >= 15 is 0 Å². The third kappa shape index (κ3) is 5.31. The number of pyridine rings is 1. The van der Waals surface area contributed by atoms with E-state index in [0.717, 1.165) is 41.5 Å². The molecule has 3 heterocycles. The molecule has 228 valence electrons. The molecule has 3 aliphatic rings. The van der Waals surface area contributed by atoms with Gasteiger partial charge in [-0.2, -0.15) is 0 Å². The molecular formula is C36H45N3O4. The van der Waals surface area contributed by atoms with Gasteiger partial charge in [0.15, 0.2) is 0 Å². The molecule has 3 aromatic rings. The van der Waals surface area contributed by atoms with Crippen molar-refractivity contribution in [2.75, 3.05) is 25.2 Å². The predicted octanol–water partition coefficient (Wildman–Crippen LogP) is 6.76. The van der Waals surface area contributed by atoms with Crippen LogP contribution >= 0.6 is 0 Å². The molecule has 7 heteroatoms. The number of aryl methyl sites for hydroxylation is 2. The number of methoxy groups -OCH3 is 1. The number of carbonyl (C=O) groups is 1. The van der Waals surface area contributed by atoms with Crippen molar-refractivity contribution in [3.63, 3.8) is 0 Å². The van der Waals surface area contributed by atoms with Crippen LogP contribution in [0.4, 0.5) is 5.82 Å². The minimum absolute atomic E-state index is 0.135. The first kappa shape index (κ1) is 29.6. The number of para-hydroxylation sites is 1. The fourth-order valence-corrected chi connectivity index (χ4v) is 7.75. The van der Waals surface area contributed by atoms with E-state index in [4.69, 9.17) is 14.5 Å². The average molecular weight is 584 g/mol. The van der Waals surface area contributed by atoms with Crippen LogP contribution in [0.5, 0.6) is 5.75 Å². The second-order valence-corrected chi connectivity index (χ2v) is 12.8. The number of piperidine rings is 1. The number of carboxylic acid groups (broad SMARTS) is 1. The summed E-state index contributed by atoms with van der Waals surface area (Å²) in [5.41, 5.74) is 7.53. The van der Waals surface area contributed by atoms with Crippen molar-refractivity contribution in [2.24, 2.45) is 11.3 Å². The van der Waals surface area contributed by atoms with Crippen LogP contribution in [0.15, 0.2) is 48.5 Å². The molecule has 2 aromatic carbocycles. The lowest BCUT2D eigenvalue weighted by atomic mass is 9.97.